The fourth-order valence-electron chi connectivity index (χ4n) is 7.56. The zero-order chi connectivity index (χ0) is 17.3. The molecule has 0 aromatic heterocycles. The van der Waals surface area contributed by atoms with E-state index in [1.165, 1.54) is 0 Å². The van der Waals surface area contributed by atoms with E-state index in [2.05, 4.69) is 13.8 Å². The van der Waals surface area contributed by atoms with Crippen LogP contribution in [-0.2, 0) is 14.4 Å². The molecule has 0 saturated heterocycles. The summed E-state index contributed by atoms with van der Waals surface area (Å²) in [6.07, 6.45) is 7.27. The van der Waals surface area contributed by atoms with Crippen molar-refractivity contribution < 1.29 is 14.4 Å². The number of carbonyl (C=O) groups excluding carboxylic acids is 3. The van der Waals surface area contributed by atoms with Crippen LogP contribution in [0.5, 0.6) is 0 Å². The lowest BCUT2D eigenvalue weighted by molar-refractivity contribution is -0.160. The van der Waals surface area contributed by atoms with Crippen molar-refractivity contribution in [2.24, 2.45) is 40.4 Å². The third kappa shape index (κ3) is 1.99. The van der Waals surface area contributed by atoms with Crippen molar-refractivity contribution in [3.63, 3.8) is 0 Å². The highest BCUT2D eigenvalue weighted by atomic mass is 16.2. The van der Waals surface area contributed by atoms with Gasteiger partial charge in [0, 0.05) is 17.8 Å². The molecule has 0 aromatic carbocycles. The lowest BCUT2D eigenvalue weighted by Gasteiger charge is -2.59. The molecule has 3 heteroatoms. The average Bonchev–Trinajstić information content (AvgIpc) is 2.86. The number of Topliss-reactive ketones (excluding diaryl/α,β-unsaturated/α-hetero) is 3. The molecule has 4 aliphatic rings. The van der Waals surface area contributed by atoms with E-state index in [-0.39, 0.29) is 40.7 Å². The van der Waals surface area contributed by atoms with Gasteiger partial charge in [0.2, 0.25) is 0 Å². The number of ketones is 3. The van der Waals surface area contributed by atoms with Crippen LogP contribution in [0.4, 0.5) is 0 Å². The van der Waals surface area contributed by atoms with E-state index in [0.29, 0.717) is 30.0 Å². The Kier molecular flexibility index (Phi) is 3.61. The maximum atomic E-state index is 12.9. The summed E-state index contributed by atoms with van der Waals surface area (Å²) in [7, 11) is 0. The minimum absolute atomic E-state index is 0.143. The first kappa shape index (κ1) is 16.5. The number of hydrogen-bond donors (Lipinski definition) is 0. The monoisotopic (exact) mass is 330 g/mol. The summed E-state index contributed by atoms with van der Waals surface area (Å²) in [6, 6.07) is 0. The van der Waals surface area contributed by atoms with E-state index in [4.69, 9.17) is 0 Å². The van der Waals surface area contributed by atoms with Crippen LogP contribution in [-0.4, -0.2) is 17.3 Å². The molecule has 0 bridgehead atoms. The van der Waals surface area contributed by atoms with Crippen LogP contribution in [0.15, 0.2) is 0 Å². The minimum Gasteiger partial charge on any atom is -0.300 e. The molecule has 4 aliphatic carbocycles. The molecule has 3 nitrogen and oxygen atoms in total. The van der Waals surface area contributed by atoms with Crippen molar-refractivity contribution in [1.29, 1.82) is 0 Å². The van der Waals surface area contributed by atoms with Crippen LogP contribution in [0.2, 0.25) is 0 Å². The Morgan fingerprint density at radius 1 is 1.00 bits per heavy atom. The molecule has 0 heterocycles. The third-order valence-corrected chi connectivity index (χ3v) is 8.83. The molecule has 24 heavy (non-hydrogen) atoms. The molecule has 0 aliphatic heterocycles. The van der Waals surface area contributed by atoms with E-state index in [9.17, 15) is 14.4 Å². The Balaban J connectivity index is 1.67. The Labute approximate surface area is 144 Å². The van der Waals surface area contributed by atoms with Gasteiger partial charge < -0.3 is 0 Å². The quantitative estimate of drug-likeness (QED) is 0.683. The first-order valence-corrected chi connectivity index (χ1v) is 9.84. The van der Waals surface area contributed by atoms with Gasteiger partial charge in [0.15, 0.2) is 0 Å². The van der Waals surface area contributed by atoms with Crippen molar-refractivity contribution in [3.8, 4) is 0 Å². The molecule has 4 fully saturated rings. The maximum Gasteiger partial charge on any atom is 0.146 e. The van der Waals surface area contributed by atoms with Crippen LogP contribution in [0, 0.1) is 40.4 Å². The molecule has 132 valence electrons. The van der Waals surface area contributed by atoms with Gasteiger partial charge in [0.25, 0.3) is 0 Å². The Morgan fingerprint density at radius 2 is 1.75 bits per heavy atom. The standard InChI is InChI=1S/C21H30O3/c1-12(22)16-6-7-17-15-5-4-13-10-14(23)11-19(24)21(13,3)18(15)8-9-20(16,17)2/h13,15-18H,4-11H2,1-3H3/t13?,15-,16+,17-,18-,20+,21-/m0/s1. The molecule has 0 N–H and O–H groups in total. The predicted octanol–water partition coefficient (Wildman–Crippen LogP) is 3.98. The molecule has 7 atom stereocenters. The van der Waals surface area contributed by atoms with Gasteiger partial charge in [-0.05, 0) is 74.5 Å². The van der Waals surface area contributed by atoms with Gasteiger partial charge in [0.05, 0.1) is 6.42 Å². The van der Waals surface area contributed by atoms with Gasteiger partial charge >= 0.3 is 0 Å². The zero-order valence-corrected chi connectivity index (χ0v) is 15.3. The zero-order valence-electron chi connectivity index (χ0n) is 15.3. The van der Waals surface area contributed by atoms with Gasteiger partial charge in [-0.3, -0.25) is 14.4 Å². The van der Waals surface area contributed by atoms with E-state index in [0.717, 1.165) is 38.5 Å². The van der Waals surface area contributed by atoms with E-state index in [1.54, 1.807) is 6.92 Å². The number of fused-ring (bicyclic) bond motifs is 5. The summed E-state index contributed by atoms with van der Waals surface area (Å²) < 4.78 is 0. The van der Waals surface area contributed by atoms with E-state index >= 15 is 0 Å². The first-order chi connectivity index (χ1) is 11.3. The highest BCUT2D eigenvalue weighted by molar-refractivity contribution is 6.04. The van der Waals surface area contributed by atoms with Crippen molar-refractivity contribution in [2.45, 2.75) is 72.1 Å². The fourth-order valence-corrected chi connectivity index (χ4v) is 7.56. The molecular weight excluding hydrogens is 300 g/mol. The number of rotatable bonds is 1. The third-order valence-electron chi connectivity index (χ3n) is 8.83. The SMILES string of the molecule is CC(=O)[C@H]1CC[C@H]2[C@@H]3CCC4CC(=O)CC(=O)[C@]4(C)[C@H]3CC[C@]12C. The summed E-state index contributed by atoms with van der Waals surface area (Å²) >= 11 is 0. The molecule has 1 unspecified atom stereocenters. The predicted molar refractivity (Wildman–Crippen MR) is 91.3 cm³/mol. The second-order valence-electron chi connectivity index (χ2n) is 9.56. The van der Waals surface area contributed by atoms with E-state index < -0.39 is 0 Å². The second kappa shape index (κ2) is 5.25. The van der Waals surface area contributed by atoms with Gasteiger partial charge in [-0.15, -0.1) is 0 Å². The van der Waals surface area contributed by atoms with Crippen molar-refractivity contribution in [2.75, 3.05) is 0 Å². The molecule has 0 amide bonds. The van der Waals surface area contributed by atoms with Crippen LogP contribution >= 0.6 is 0 Å². The lowest BCUT2D eigenvalue weighted by atomic mass is 9.44. The molecule has 0 radical (unpaired) electrons. The summed E-state index contributed by atoms with van der Waals surface area (Å²) in [6.45, 7) is 6.27. The smallest absolute Gasteiger partial charge is 0.146 e. The molecule has 4 saturated carbocycles. The Morgan fingerprint density at radius 3 is 2.46 bits per heavy atom. The van der Waals surface area contributed by atoms with Crippen molar-refractivity contribution in [1.82, 2.24) is 0 Å². The van der Waals surface area contributed by atoms with Gasteiger partial charge in [-0.25, -0.2) is 0 Å². The highest BCUT2D eigenvalue weighted by Crippen LogP contribution is 2.66. The molecule has 4 rings (SSSR count). The van der Waals surface area contributed by atoms with Gasteiger partial charge in [-0.2, -0.15) is 0 Å². The Hall–Kier alpha value is -0.990. The topological polar surface area (TPSA) is 51.2 Å². The molecule has 0 spiro atoms. The first-order valence-electron chi connectivity index (χ1n) is 9.84. The molecule has 0 aromatic rings. The van der Waals surface area contributed by atoms with Crippen LogP contribution in [0.25, 0.3) is 0 Å². The summed E-state index contributed by atoms with van der Waals surface area (Å²) in [4.78, 5) is 37.0. The summed E-state index contributed by atoms with van der Waals surface area (Å²) in [5, 5.41) is 0. The van der Waals surface area contributed by atoms with E-state index in [1.807, 2.05) is 0 Å². The largest absolute Gasteiger partial charge is 0.300 e. The number of hydrogen-bond acceptors (Lipinski definition) is 3. The van der Waals surface area contributed by atoms with Crippen LogP contribution in [0.1, 0.15) is 72.1 Å². The van der Waals surface area contributed by atoms with Gasteiger partial charge in [0.1, 0.15) is 17.3 Å². The minimum atomic E-state index is -0.285. The highest BCUT2D eigenvalue weighted by Gasteiger charge is 2.62. The second-order valence-corrected chi connectivity index (χ2v) is 9.56. The van der Waals surface area contributed by atoms with Crippen molar-refractivity contribution >= 4 is 17.3 Å². The number of carbonyl (C=O) groups is 3. The van der Waals surface area contributed by atoms with Crippen LogP contribution in [0.3, 0.4) is 0 Å². The fraction of sp³-hybridized carbons (Fsp3) is 0.857. The Bertz CT molecular complexity index is 608. The van der Waals surface area contributed by atoms with Crippen LogP contribution < -0.4 is 0 Å². The summed E-state index contributed by atoms with van der Waals surface area (Å²) in [5.74, 6) is 2.81. The summed E-state index contributed by atoms with van der Waals surface area (Å²) in [5.41, 5.74) is -0.143. The molecular formula is C21H30O3. The maximum absolute atomic E-state index is 12.9. The lowest BCUT2D eigenvalue weighted by Crippen LogP contribution is -2.57. The average molecular weight is 330 g/mol. The normalized spacial score (nSPS) is 50.9. The van der Waals surface area contributed by atoms with Crippen molar-refractivity contribution in [3.05, 3.63) is 0 Å². The van der Waals surface area contributed by atoms with Gasteiger partial charge in [-0.1, -0.05) is 13.8 Å².